The Hall–Kier alpha value is -0.870. The minimum atomic E-state index is 0.138. The van der Waals surface area contributed by atoms with Crippen molar-refractivity contribution in [1.82, 2.24) is 5.32 Å². The topological polar surface area (TPSA) is 38.3 Å². The lowest BCUT2D eigenvalue weighted by Crippen LogP contribution is -2.35. The van der Waals surface area contributed by atoms with E-state index in [0.717, 1.165) is 19.4 Å². The van der Waals surface area contributed by atoms with Gasteiger partial charge in [-0.1, -0.05) is 6.07 Å². The van der Waals surface area contributed by atoms with E-state index >= 15 is 0 Å². The fourth-order valence-electron chi connectivity index (χ4n) is 1.64. The van der Waals surface area contributed by atoms with Crippen molar-refractivity contribution in [2.24, 2.45) is 0 Å². The molecule has 4 heteroatoms. The molecular formula is C11H15NO2S. The highest BCUT2D eigenvalue weighted by atomic mass is 32.1. The predicted molar refractivity (Wildman–Crippen MR) is 60.0 cm³/mol. The Kier molecular flexibility index (Phi) is 3.75. The number of hydrogen-bond donors (Lipinski definition) is 1. The van der Waals surface area contributed by atoms with E-state index in [4.69, 9.17) is 4.74 Å². The molecule has 2 heterocycles. The Balaban J connectivity index is 1.68. The predicted octanol–water partition coefficient (Wildman–Crippen LogP) is 1.59. The number of carbonyl (C=O) groups is 1. The standard InChI is InChI=1S/C11H15NO2S/c13-11(12-9-5-6-14-8-9)4-3-10-2-1-7-15-10/h1-2,7,9H,3-6,8H2,(H,12,13). The number of hydrogen-bond acceptors (Lipinski definition) is 3. The summed E-state index contributed by atoms with van der Waals surface area (Å²) in [6.07, 6.45) is 2.37. The summed E-state index contributed by atoms with van der Waals surface area (Å²) in [5.74, 6) is 0.138. The first kappa shape index (κ1) is 10.6. The molecule has 0 radical (unpaired) electrons. The highest BCUT2D eigenvalue weighted by Crippen LogP contribution is 2.11. The SMILES string of the molecule is O=C(CCc1cccs1)NC1CCOC1. The third-order valence-corrected chi connectivity index (χ3v) is 3.41. The minimum absolute atomic E-state index is 0.138. The smallest absolute Gasteiger partial charge is 0.220 e. The summed E-state index contributed by atoms with van der Waals surface area (Å²) < 4.78 is 5.20. The molecule has 1 N–H and O–H groups in total. The lowest BCUT2D eigenvalue weighted by molar-refractivity contribution is -0.121. The zero-order valence-corrected chi connectivity index (χ0v) is 9.39. The van der Waals surface area contributed by atoms with Crippen LogP contribution in [0.15, 0.2) is 17.5 Å². The first-order valence-electron chi connectivity index (χ1n) is 5.24. The van der Waals surface area contributed by atoms with Crippen LogP contribution >= 0.6 is 11.3 Å². The number of thiophene rings is 1. The normalized spacial score (nSPS) is 20.4. The third-order valence-electron chi connectivity index (χ3n) is 2.47. The van der Waals surface area contributed by atoms with Gasteiger partial charge in [0.05, 0.1) is 12.6 Å². The molecular weight excluding hydrogens is 210 g/mol. The molecule has 1 aromatic heterocycles. The van der Waals surface area contributed by atoms with E-state index in [-0.39, 0.29) is 11.9 Å². The van der Waals surface area contributed by atoms with Crippen LogP contribution in [0.3, 0.4) is 0 Å². The lowest BCUT2D eigenvalue weighted by Gasteiger charge is -2.09. The van der Waals surface area contributed by atoms with Gasteiger partial charge in [-0.05, 0) is 24.3 Å². The van der Waals surface area contributed by atoms with E-state index < -0.39 is 0 Å². The van der Waals surface area contributed by atoms with Crippen molar-refractivity contribution in [3.05, 3.63) is 22.4 Å². The maximum Gasteiger partial charge on any atom is 0.220 e. The van der Waals surface area contributed by atoms with Crippen LogP contribution in [0.1, 0.15) is 17.7 Å². The van der Waals surface area contributed by atoms with Gasteiger partial charge in [-0.2, -0.15) is 0 Å². The Morgan fingerprint density at radius 2 is 2.60 bits per heavy atom. The second kappa shape index (κ2) is 5.28. The molecule has 0 spiro atoms. The van der Waals surface area contributed by atoms with Crippen LogP contribution in [0.5, 0.6) is 0 Å². The number of carbonyl (C=O) groups excluding carboxylic acids is 1. The van der Waals surface area contributed by atoms with Gasteiger partial charge in [0.25, 0.3) is 0 Å². The largest absolute Gasteiger partial charge is 0.379 e. The van der Waals surface area contributed by atoms with Crippen LogP contribution in [0.25, 0.3) is 0 Å². The van der Waals surface area contributed by atoms with Gasteiger partial charge in [-0.15, -0.1) is 11.3 Å². The van der Waals surface area contributed by atoms with Gasteiger partial charge in [-0.3, -0.25) is 4.79 Å². The molecule has 0 bridgehead atoms. The van der Waals surface area contributed by atoms with Crippen LogP contribution in [0.2, 0.25) is 0 Å². The maximum atomic E-state index is 11.5. The van der Waals surface area contributed by atoms with E-state index in [0.29, 0.717) is 13.0 Å². The van der Waals surface area contributed by atoms with Crippen LogP contribution in [-0.4, -0.2) is 25.2 Å². The second-order valence-electron chi connectivity index (χ2n) is 3.71. The summed E-state index contributed by atoms with van der Waals surface area (Å²) >= 11 is 1.70. The van der Waals surface area contributed by atoms with Gasteiger partial charge in [0.2, 0.25) is 5.91 Å². The molecule has 1 amide bonds. The number of ether oxygens (including phenoxy) is 1. The summed E-state index contributed by atoms with van der Waals surface area (Å²) in [5.41, 5.74) is 0. The highest BCUT2D eigenvalue weighted by Gasteiger charge is 2.17. The van der Waals surface area contributed by atoms with E-state index in [1.54, 1.807) is 11.3 Å². The third kappa shape index (κ3) is 3.32. The van der Waals surface area contributed by atoms with Crippen molar-refractivity contribution in [3.8, 4) is 0 Å². The summed E-state index contributed by atoms with van der Waals surface area (Å²) in [7, 11) is 0. The molecule has 3 nitrogen and oxygen atoms in total. The maximum absolute atomic E-state index is 11.5. The van der Waals surface area contributed by atoms with E-state index in [2.05, 4.69) is 11.4 Å². The van der Waals surface area contributed by atoms with E-state index in [1.807, 2.05) is 11.4 Å². The van der Waals surface area contributed by atoms with Crippen molar-refractivity contribution in [1.29, 1.82) is 0 Å². The molecule has 1 saturated heterocycles. The fraction of sp³-hybridized carbons (Fsp3) is 0.545. The van der Waals surface area contributed by atoms with Crippen molar-refractivity contribution < 1.29 is 9.53 Å². The van der Waals surface area contributed by atoms with Crippen LogP contribution < -0.4 is 5.32 Å². The fourth-order valence-corrected chi connectivity index (χ4v) is 2.35. The Morgan fingerprint density at radius 3 is 3.27 bits per heavy atom. The molecule has 0 aromatic carbocycles. The zero-order valence-electron chi connectivity index (χ0n) is 8.57. The molecule has 1 atom stereocenters. The molecule has 15 heavy (non-hydrogen) atoms. The van der Waals surface area contributed by atoms with E-state index in [1.165, 1.54) is 4.88 Å². The molecule has 2 rings (SSSR count). The summed E-state index contributed by atoms with van der Waals surface area (Å²) in [5, 5.41) is 5.02. The minimum Gasteiger partial charge on any atom is -0.379 e. The van der Waals surface area contributed by atoms with Gasteiger partial charge in [-0.25, -0.2) is 0 Å². The summed E-state index contributed by atoms with van der Waals surface area (Å²) in [4.78, 5) is 12.8. The average Bonchev–Trinajstić information content (AvgIpc) is 2.86. The van der Waals surface area contributed by atoms with Crippen molar-refractivity contribution in [2.75, 3.05) is 13.2 Å². The Bertz CT molecular complexity index is 304. The number of nitrogens with one attached hydrogen (secondary N) is 1. The van der Waals surface area contributed by atoms with Crippen molar-refractivity contribution >= 4 is 17.2 Å². The molecule has 1 aliphatic heterocycles. The van der Waals surface area contributed by atoms with Gasteiger partial charge in [0, 0.05) is 17.9 Å². The molecule has 0 saturated carbocycles. The molecule has 1 fully saturated rings. The molecule has 1 aromatic rings. The quantitative estimate of drug-likeness (QED) is 0.845. The number of rotatable bonds is 4. The first-order chi connectivity index (χ1) is 7.34. The summed E-state index contributed by atoms with van der Waals surface area (Å²) in [6, 6.07) is 4.32. The van der Waals surface area contributed by atoms with Gasteiger partial charge in [0.1, 0.15) is 0 Å². The van der Waals surface area contributed by atoms with Crippen LogP contribution in [0.4, 0.5) is 0 Å². The van der Waals surface area contributed by atoms with Gasteiger partial charge < -0.3 is 10.1 Å². The molecule has 82 valence electrons. The Morgan fingerprint density at radius 1 is 1.67 bits per heavy atom. The van der Waals surface area contributed by atoms with E-state index in [9.17, 15) is 4.79 Å². The number of aryl methyl sites for hydroxylation is 1. The van der Waals surface area contributed by atoms with Crippen molar-refractivity contribution in [3.63, 3.8) is 0 Å². The van der Waals surface area contributed by atoms with Gasteiger partial charge in [0.15, 0.2) is 0 Å². The van der Waals surface area contributed by atoms with Crippen LogP contribution in [0, 0.1) is 0 Å². The van der Waals surface area contributed by atoms with Crippen LogP contribution in [-0.2, 0) is 16.0 Å². The first-order valence-corrected chi connectivity index (χ1v) is 6.12. The monoisotopic (exact) mass is 225 g/mol. The lowest BCUT2D eigenvalue weighted by atomic mass is 10.2. The summed E-state index contributed by atoms with van der Waals surface area (Å²) in [6.45, 7) is 1.45. The molecule has 0 aliphatic carbocycles. The second-order valence-corrected chi connectivity index (χ2v) is 4.74. The zero-order chi connectivity index (χ0) is 10.5. The number of amides is 1. The van der Waals surface area contributed by atoms with Crippen molar-refractivity contribution in [2.45, 2.75) is 25.3 Å². The van der Waals surface area contributed by atoms with Gasteiger partial charge >= 0.3 is 0 Å². The highest BCUT2D eigenvalue weighted by molar-refractivity contribution is 7.09. The molecule has 1 unspecified atom stereocenters. The Labute approximate surface area is 93.4 Å². The molecule has 1 aliphatic rings. The average molecular weight is 225 g/mol.